The number of esters is 1. The molecule has 1 heterocycles. The monoisotopic (exact) mass is 239 g/mol. The highest BCUT2D eigenvalue weighted by Crippen LogP contribution is 2.26. The van der Waals surface area contributed by atoms with Gasteiger partial charge < -0.3 is 10.1 Å². The molecule has 17 heavy (non-hydrogen) atoms. The van der Waals surface area contributed by atoms with Gasteiger partial charge in [0.05, 0.1) is 0 Å². The molecule has 1 aliphatic carbocycles. The van der Waals surface area contributed by atoms with Gasteiger partial charge in [-0.3, -0.25) is 4.79 Å². The van der Waals surface area contributed by atoms with Gasteiger partial charge in [0, 0.05) is 0 Å². The van der Waals surface area contributed by atoms with Gasteiger partial charge in [-0.15, -0.1) is 0 Å². The van der Waals surface area contributed by atoms with Crippen molar-refractivity contribution in [1.82, 2.24) is 5.32 Å². The first kappa shape index (κ1) is 12.9. The van der Waals surface area contributed by atoms with E-state index in [4.69, 9.17) is 4.74 Å². The van der Waals surface area contributed by atoms with E-state index >= 15 is 0 Å². The number of ether oxygens (including phenoxy) is 1. The molecule has 0 aromatic heterocycles. The van der Waals surface area contributed by atoms with E-state index < -0.39 is 0 Å². The van der Waals surface area contributed by atoms with Crippen LogP contribution < -0.4 is 5.32 Å². The third kappa shape index (κ3) is 3.98. The van der Waals surface area contributed by atoms with Crippen molar-refractivity contribution in [2.24, 2.45) is 5.92 Å². The molecular formula is C14H25NO2. The minimum atomic E-state index is -0.0446. The van der Waals surface area contributed by atoms with E-state index in [9.17, 15) is 4.79 Å². The van der Waals surface area contributed by atoms with E-state index in [1.54, 1.807) is 0 Å². The molecule has 1 saturated heterocycles. The molecule has 1 N–H and O–H groups in total. The van der Waals surface area contributed by atoms with Crippen molar-refractivity contribution in [2.45, 2.75) is 70.4 Å². The smallest absolute Gasteiger partial charge is 0.323 e. The quantitative estimate of drug-likeness (QED) is 0.753. The predicted octanol–water partition coefficient (Wildman–Crippen LogP) is 2.64. The Balaban J connectivity index is 1.75. The third-order valence-corrected chi connectivity index (χ3v) is 4.09. The van der Waals surface area contributed by atoms with Crippen LogP contribution in [0.4, 0.5) is 0 Å². The number of hydrogen-bond donors (Lipinski definition) is 1. The highest BCUT2D eigenvalue weighted by molar-refractivity contribution is 5.76. The van der Waals surface area contributed by atoms with Gasteiger partial charge in [-0.1, -0.05) is 19.8 Å². The van der Waals surface area contributed by atoms with Crippen LogP contribution in [0.1, 0.15) is 58.3 Å². The Morgan fingerprint density at radius 1 is 1.06 bits per heavy atom. The van der Waals surface area contributed by atoms with Gasteiger partial charge >= 0.3 is 5.97 Å². The first-order chi connectivity index (χ1) is 8.25. The van der Waals surface area contributed by atoms with Crippen molar-refractivity contribution in [1.29, 1.82) is 0 Å². The second-order valence-electron chi connectivity index (χ2n) is 5.67. The maximum atomic E-state index is 12.0. The van der Waals surface area contributed by atoms with Crippen LogP contribution in [0.3, 0.4) is 0 Å². The molecular weight excluding hydrogens is 214 g/mol. The lowest BCUT2D eigenvalue weighted by atomic mass is 9.89. The number of carbonyl (C=O) groups excluding carboxylic acids is 1. The SMILES string of the molecule is CC1CCC(OC(=O)C2CCCCCN2)CC1. The summed E-state index contributed by atoms with van der Waals surface area (Å²) in [6, 6.07) is -0.0446. The molecule has 1 atom stereocenters. The van der Waals surface area contributed by atoms with Crippen molar-refractivity contribution in [3.63, 3.8) is 0 Å². The number of nitrogens with one attached hydrogen (secondary N) is 1. The summed E-state index contributed by atoms with van der Waals surface area (Å²) < 4.78 is 5.63. The molecule has 0 aromatic rings. The fraction of sp³-hybridized carbons (Fsp3) is 0.929. The Morgan fingerprint density at radius 3 is 2.59 bits per heavy atom. The summed E-state index contributed by atoms with van der Waals surface area (Å²) in [4.78, 5) is 12.0. The van der Waals surface area contributed by atoms with E-state index in [0.29, 0.717) is 0 Å². The Morgan fingerprint density at radius 2 is 1.82 bits per heavy atom. The van der Waals surface area contributed by atoms with E-state index in [2.05, 4.69) is 12.2 Å². The zero-order valence-electron chi connectivity index (χ0n) is 10.9. The summed E-state index contributed by atoms with van der Waals surface area (Å²) in [5, 5.41) is 3.31. The largest absolute Gasteiger partial charge is 0.461 e. The van der Waals surface area contributed by atoms with E-state index in [0.717, 1.165) is 38.1 Å². The van der Waals surface area contributed by atoms with Crippen LogP contribution >= 0.6 is 0 Å². The van der Waals surface area contributed by atoms with Gasteiger partial charge in [0.2, 0.25) is 0 Å². The first-order valence-corrected chi connectivity index (χ1v) is 7.19. The van der Waals surface area contributed by atoms with Gasteiger partial charge in [0.1, 0.15) is 12.1 Å². The molecule has 0 spiro atoms. The lowest BCUT2D eigenvalue weighted by molar-refractivity contribution is -0.153. The summed E-state index contributed by atoms with van der Waals surface area (Å²) in [5.74, 6) is 0.799. The summed E-state index contributed by atoms with van der Waals surface area (Å²) in [6.07, 6.45) is 9.22. The van der Waals surface area contributed by atoms with Crippen molar-refractivity contribution >= 4 is 5.97 Å². The zero-order chi connectivity index (χ0) is 12.1. The molecule has 2 rings (SSSR count). The fourth-order valence-electron chi connectivity index (χ4n) is 2.82. The van der Waals surface area contributed by atoms with Crippen LogP contribution in [0.2, 0.25) is 0 Å². The maximum absolute atomic E-state index is 12.0. The Kier molecular flexibility index (Phi) is 4.84. The summed E-state index contributed by atoms with van der Waals surface area (Å²) >= 11 is 0. The molecule has 98 valence electrons. The van der Waals surface area contributed by atoms with Gasteiger partial charge in [0.25, 0.3) is 0 Å². The topological polar surface area (TPSA) is 38.3 Å². The van der Waals surface area contributed by atoms with Gasteiger partial charge in [0.15, 0.2) is 0 Å². The second kappa shape index (κ2) is 6.39. The first-order valence-electron chi connectivity index (χ1n) is 7.19. The van der Waals surface area contributed by atoms with Crippen LogP contribution in [0, 0.1) is 5.92 Å². The predicted molar refractivity (Wildman–Crippen MR) is 67.8 cm³/mol. The summed E-state index contributed by atoms with van der Waals surface area (Å²) in [6.45, 7) is 3.24. The highest BCUT2D eigenvalue weighted by atomic mass is 16.5. The normalized spacial score (nSPS) is 35.0. The zero-order valence-corrected chi connectivity index (χ0v) is 10.9. The van der Waals surface area contributed by atoms with E-state index in [-0.39, 0.29) is 18.1 Å². The molecule has 1 unspecified atom stereocenters. The molecule has 0 amide bonds. The Hall–Kier alpha value is -0.570. The average molecular weight is 239 g/mol. The molecule has 3 heteroatoms. The highest BCUT2D eigenvalue weighted by Gasteiger charge is 2.26. The molecule has 0 bridgehead atoms. The van der Waals surface area contributed by atoms with Crippen molar-refractivity contribution in [2.75, 3.05) is 6.54 Å². The Bertz CT molecular complexity index is 239. The third-order valence-electron chi connectivity index (χ3n) is 4.09. The molecule has 2 aliphatic rings. The van der Waals surface area contributed by atoms with Gasteiger partial charge in [-0.25, -0.2) is 0 Å². The summed E-state index contributed by atoms with van der Waals surface area (Å²) in [7, 11) is 0. The van der Waals surface area contributed by atoms with Crippen LogP contribution in [0.25, 0.3) is 0 Å². The van der Waals surface area contributed by atoms with Crippen LogP contribution in [0.5, 0.6) is 0 Å². The van der Waals surface area contributed by atoms with Gasteiger partial charge in [-0.05, 0) is 51.0 Å². The van der Waals surface area contributed by atoms with E-state index in [1.807, 2.05) is 0 Å². The van der Waals surface area contributed by atoms with Crippen molar-refractivity contribution < 1.29 is 9.53 Å². The lowest BCUT2D eigenvalue weighted by Gasteiger charge is -2.27. The minimum absolute atomic E-state index is 0.00791. The lowest BCUT2D eigenvalue weighted by Crippen LogP contribution is -2.39. The van der Waals surface area contributed by atoms with Gasteiger partial charge in [-0.2, -0.15) is 0 Å². The Labute approximate surface area is 104 Å². The van der Waals surface area contributed by atoms with Crippen LogP contribution in [-0.4, -0.2) is 24.7 Å². The maximum Gasteiger partial charge on any atom is 0.323 e. The molecule has 3 nitrogen and oxygen atoms in total. The molecule has 0 radical (unpaired) electrons. The van der Waals surface area contributed by atoms with E-state index in [1.165, 1.54) is 25.7 Å². The van der Waals surface area contributed by atoms with Crippen LogP contribution in [-0.2, 0) is 9.53 Å². The molecule has 2 fully saturated rings. The number of rotatable bonds is 2. The second-order valence-corrected chi connectivity index (χ2v) is 5.67. The molecule has 1 saturated carbocycles. The molecule has 1 aliphatic heterocycles. The molecule has 0 aromatic carbocycles. The summed E-state index contributed by atoms with van der Waals surface area (Å²) in [5.41, 5.74) is 0. The minimum Gasteiger partial charge on any atom is -0.461 e. The van der Waals surface area contributed by atoms with Crippen molar-refractivity contribution in [3.8, 4) is 0 Å². The number of carbonyl (C=O) groups is 1. The fourth-order valence-corrected chi connectivity index (χ4v) is 2.82. The number of hydrogen-bond acceptors (Lipinski definition) is 3. The average Bonchev–Trinajstić information content (AvgIpc) is 2.61. The standard InChI is InChI=1S/C14H25NO2/c1-11-6-8-12(9-7-11)17-14(16)13-5-3-2-4-10-15-13/h11-13,15H,2-10H2,1H3. The van der Waals surface area contributed by atoms with Crippen molar-refractivity contribution in [3.05, 3.63) is 0 Å². The van der Waals surface area contributed by atoms with Crippen LogP contribution in [0.15, 0.2) is 0 Å².